The molecule has 1 saturated carbocycles. The van der Waals surface area contributed by atoms with E-state index in [2.05, 4.69) is 17.2 Å². The fraction of sp³-hybridized carbons (Fsp3) is 0.625. The van der Waals surface area contributed by atoms with Crippen molar-refractivity contribution >= 4 is 11.7 Å². The number of nitrogens with one attached hydrogen (secondary N) is 1. The summed E-state index contributed by atoms with van der Waals surface area (Å²) >= 11 is 0. The van der Waals surface area contributed by atoms with E-state index in [0.29, 0.717) is 17.9 Å². The molecule has 5 nitrogen and oxygen atoms in total. The molecule has 1 aromatic rings. The van der Waals surface area contributed by atoms with E-state index in [0.717, 1.165) is 38.6 Å². The number of hydrogen-bond acceptors (Lipinski definition) is 4. The lowest BCUT2D eigenvalue weighted by molar-refractivity contribution is 0.0157. The van der Waals surface area contributed by atoms with Crippen LogP contribution in [-0.2, 0) is 0 Å². The highest BCUT2D eigenvalue weighted by Gasteiger charge is 2.33. The normalized spacial score (nSPS) is 16.7. The van der Waals surface area contributed by atoms with E-state index in [9.17, 15) is 9.90 Å². The zero-order valence-electron chi connectivity index (χ0n) is 12.9. The molecule has 1 heterocycles. The minimum Gasteiger partial charge on any atom is -0.388 e. The van der Waals surface area contributed by atoms with Crippen LogP contribution in [0.2, 0.25) is 0 Å². The van der Waals surface area contributed by atoms with Gasteiger partial charge in [0, 0.05) is 26.3 Å². The molecule has 0 atom stereocenters. The van der Waals surface area contributed by atoms with Crippen molar-refractivity contribution in [3.8, 4) is 0 Å². The maximum absolute atomic E-state index is 12.6. The Balaban J connectivity index is 2.08. The third-order valence-corrected chi connectivity index (χ3v) is 3.99. The summed E-state index contributed by atoms with van der Waals surface area (Å²) in [4.78, 5) is 18.5. The van der Waals surface area contributed by atoms with Gasteiger partial charge in [-0.25, -0.2) is 4.98 Å². The third kappa shape index (κ3) is 3.94. The van der Waals surface area contributed by atoms with Crippen molar-refractivity contribution in [3.63, 3.8) is 0 Å². The molecule has 1 amide bonds. The first kappa shape index (κ1) is 15.8. The Hall–Kier alpha value is -1.62. The molecule has 1 fully saturated rings. The van der Waals surface area contributed by atoms with Crippen molar-refractivity contribution in [2.24, 2.45) is 0 Å². The van der Waals surface area contributed by atoms with Crippen LogP contribution in [0.4, 0.5) is 5.82 Å². The van der Waals surface area contributed by atoms with Gasteiger partial charge in [0.15, 0.2) is 0 Å². The van der Waals surface area contributed by atoms with Gasteiger partial charge in [-0.1, -0.05) is 19.8 Å². The second-order valence-corrected chi connectivity index (χ2v) is 5.92. The number of pyridine rings is 1. The fourth-order valence-electron chi connectivity index (χ4n) is 2.87. The highest BCUT2D eigenvalue weighted by molar-refractivity contribution is 5.98. The van der Waals surface area contributed by atoms with Gasteiger partial charge in [-0.2, -0.15) is 0 Å². The number of hydrogen-bond donors (Lipinski definition) is 2. The Morgan fingerprint density at radius 1 is 1.48 bits per heavy atom. The number of carbonyl (C=O) groups is 1. The second-order valence-electron chi connectivity index (χ2n) is 5.92. The highest BCUT2D eigenvalue weighted by atomic mass is 16.3. The number of nitrogens with zero attached hydrogens (tertiary/aromatic N) is 2. The van der Waals surface area contributed by atoms with Gasteiger partial charge in [0.2, 0.25) is 0 Å². The van der Waals surface area contributed by atoms with Gasteiger partial charge in [-0.15, -0.1) is 0 Å². The van der Waals surface area contributed by atoms with Crippen LogP contribution < -0.4 is 5.32 Å². The van der Waals surface area contributed by atoms with E-state index in [1.54, 1.807) is 30.3 Å². The average molecular weight is 291 g/mol. The number of anilines is 1. The van der Waals surface area contributed by atoms with Crippen molar-refractivity contribution in [3.05, 3.63) is 23.9 Å². The zero-order valence-corrected chi connectivity index (χ0v) is 12.9. The van der Waals surface area contributed by atoms with E-state index >= 15 is 0 Å². The van der Waals surface area contributed by atoms with Crippen LogP contribution in [0, 0.1) is 0 Å². The molecule has 0 aliphatic heterocycles. The monoisotopic (exact) mass is 291 g/mol. The first-order chi connectivity index (χ1) is 10.1. The minimum absolute atomic E-state index is 0.0953. The standard InChI is InChI=1S/C16H25N3O2/c1-3-10-17-14-13(7-6-11-18-14)15(20)19(2)12-16(21)8-4-5-9-16/h6-7,11,21H,3-5,8-10,12H2,1-2H3,(H,17,18). The average Bonchev–Trinajstić information content (AvgIpc) is 2.91. The Morgan fingerprint density at radius 2 is 2.19 bits per heavy atom. The Morgan fingerprint density at radius 3 is 2.86 bits per heavy atom. The molecule has 21 heavy (non-hydrogen) atoms. The quantitative estimate of drug-likeness (QED) is 0.844. The zero-order chi connectivity index (χ0) is 15.3. The van der Waals surface area contributed by atoms with Gasteiger partial charge in [-0.3, -0.25) is 4.79 Å². The molecule has 116 valence electrons. The number of likely N-dealkylation sites (N-methyl/N-ethyl adjacent to an activating group) is 1. The summed E-state index contributed by atoms with van der Waals surface area (Å²) in [5.74, 6) is 0.525. The SMILES string of the molecule is CCCNc1ncccc1C(=O)N(C)CC1(O)CCCC1. The van der Waals surface area contributed by atoms with Gasteiger partial charge in [0.1, 0.15) is 5.82 Å². The number of carbonyl (C=O) groups excluding carboxylic acids is 1. The Bertz CT molecular complexity index is 484. The predicted octanol–water partition coefficient (Wildman–Crippen LogP) is 2.28. The summed E-state index contributed by atoms with van der Waals surface area (Å²) in [6, 6.07) is 3.55. The topological polar surface area (TPSA) is 65.5 Å². The molecule has 5 heteroatoms. The molecule has 0 saturated heterocycles. The molecule has 0 aromatic carbocycles. The number of rotatable bonds is 6. The van der Waals surface area contributed by atoms with E-state index < -0.39 is 5.60 Å². The molecule has 0 unspecified atom stereocenters. The maximum atomic E-state index is 12.6. The number of aliphatic hydroxyl groups is 1. The smallest absolute Gasteiger partial charge is 0.257 e. The van der Waals surface area contributed by atoms with E-state index in [1.807, 2.05) is 0 Å². The molecular formula is C16H25N3O2. The van der Waals surface area contributed by atoms with Crippen molar-refractivity contribution in [2.45, 2.75) is 44.6 Å². The van der Waals surface area contributed by atoms with Crippen LogP contribution in [0.15, 0.2) is 18.3 Å². The predicted molar refractivity (Wildman–Crippen MR) is 83.4 cm³/mol. The fourth-order valence-corrected chi connectivity index (χ4v) is 2.87. The lowest BCUT2D eigenvalue weighted by atomic mass is 10.0. The van der Waals surface area contributed by atoms with Gasteiger partial charge in [-0.05, 0) is 31.4 Å². The molecule has 1 aromatic heterocycles. The molecule has 0 radical (unpaired) electrons. The second kappa shape index (κ2) is 6.89. The Kier molecular flexibility index (Phi) is 5.17. The largest absolute Gasteiger partial charge is 0.388 e. The highest BCUT2D eigenvalue weighted by Crippen LogP contribution is 2.30. The van der Waals surface area contributed by atoms with Gasteiger partial charge < -0.3 is 15.3 Å². The molecule has 2 N–H and O–H groups in total. The third-order valence-electron chi connectivity index (χ3n) is 3.99. The van der Waals surface area contributed by atoms with Crippen molar-refractivity contribution in [1.82, 2.24) is 9.88 Å². The van der Waals surface area contributed by atoms with Gasteiger partial charge in [0.05, 0.1) is 11.2 Å². The van der Waals surface area contributed by atoms with Crippen LogP contribution >= 0.6 is 0 Å². The maximum Gasteiger partial charge on any atom is 0.257 e. The summed E-state index contributed by atoms with van der Waals surface area (Å²) in [5, 5.41) is 13.6. The van der Waals surface area contributed by atoms with Crippen LogP contribution in [0.1, 0.15) is 49.4 Å². The first-order valence-corrected chi connectivity index (χ1v) is 7.72. The molecule has 2 rings (SSSR count). The van der Waals surface area contributed by atoms with Crippen molar-refractivity contribution in [2.75, 3.05) is 25.5 Å². The molecule has 1 aliphatic carbocycles. The van der Waals surface area contributed by atoms with Crippen LogP contribution in [0.25, 0.3) is 0 Å². The van der Waals surface area contributed by atoms with Crippen LogP contribution in [0.5, 0.6) is 0 Å². The summed E-state index contributed by atoms with van der Waals surface area (Å²) in [6.45, 7) is 3.23. The van der Waals surface area contributed by atoms with Crippen molar-refractivity contribution < 1.29 is 9.90 Å². The minimum atomic E-state index is -0.719. The van der Waals surface area contributed by atoms with Crippen LogP contribution in [0.3, 0.4) is 0 Å². The Labute approximate surface area is 126 Å². The van der Waals surface area contributed by atoms with Crippen molar-refractivity contribution in [1.29, 1.82) is 0 Å². The molecule has 0 bridgehead atoms. The van der Waals surface area contributed by atoms with Gasteiger partial charge in [0.25, 0.3) is 5.91 Å². The summed E-state index contributed by atoms with van der Waals surface area (Å²) in [5.41, 5.74) is -0.154. The summed E-state index contributed by atoms with van der Waals surface area (Å²) in [7, 11) is 1.75. The summed E-state index contributed by atoms with van der Waals surface area (Å²) in [6.07, 6.45) is 6.28. The first-order valence-electron chi connectivity index (χ1n) is 7.72. The molecular weight excluding hydrogens is 266 g/mol. The van der Waals surface area contributed by atoms with Gasteiger partial charge >= 0.3 is 0 Å². The van der Waals surface area contributed by atoms with E-state index in [4.69, 9.17) is 0 Å². The summed E-state index contributed by atoms with van der Waals surface area (Å²) < 4.78 is 0. The van der Waals surface area contributed by atoms with Crippen LogP contribution in [-0.4, -0.2) is 46.6 Å². The number of aromatic nitrogens is 1. The van der Waals surface area contributed by atoms with E-state index in [1.165, 1.54) is 0 Å². The van der Waals surface area contributed by atoms with E-state index in [-0.39, 0.29) is 5.91 Å². The molecule has 0 spiro atoms. The lowest BCUT2D eigenvalue weighted by Gasteiger charge is -2.29. The number of amides is 1. The lowest BCUT2D eigenvalue weighted by Crippen LogP contribution is -2.42. The molecule has 1 aliphatic rings.